The average Bonchev–Trinajstić information content (AvgIpc) is 3.27. The Morgan fingerprint density at radius 1 is 0.806 bits per heavy atom. The number of benzene rings is 3. The lowest BCUT2D eigenvalue weighted by molar-refractivity contribution is -0.122. The molecule has 4 aromatic rings. The molecule has 1 saturated heterocycles. The van der Waals surface area contributed by atoms with E-state index in [1.165, 1.54) is 5.56 Å². The molecule has 2 amide bonds. The van der Waals surface area contributed by atoms with Crippen molar-refractivity contribution in [3.05, 3.63) is 107 Å². The maximum absolute atomic E-state index is 13.5. The molecule has 0 spiro atoms. The van der Waals surface area contributed by atoms with E-state index in [0.717, 1.165) is 22.0 Å². The Kier molecular flexibility index (Phi) is 7.35. The summed E-state index contributed by atoms with van der Waals surface area (Å²) in [4.78, 5) is 29.9. The van der Waals surface area contributed by atoms with E-state index >= 15 is 0 Å². The van der Waals surface area contributed by atoms with Gasteiger partial charge in [-0.15, -0.1) is 0 Å². The minimum Gasteiger partial charge on any atom is -0.351 e. The molecule has 1 aliphatic rings. The third-order valence-electron chi connectivity index (χ3n) is 6.64. The molecule has 0 atom stereocenters. The summed E-state index contributed by atoms with van der Waals surface area (Å²) < 4.78 is 2.15. The second-order valence-electron chi connectivity index (χ2n) is 9.14. The van der Waals surface area contributed by atoms with Crippen molar-refractivity contribution in [2.24, 2.45) is 0 Å². The molecule has 0 bridgehead atoms. The van der Waals surface area contributed by atoms with Crippen LogP contribution in [-0.4, -0.2) is 58.9 Å². The fourth-order valence-corrected chi connectivity index (χ4v) is 4.80. The van der Waals surface area contributed by atoms with E-state index in [-0.39, 0.29) is 11.8 Å². The first-order chi connectivity index (χ1) is 17.6. The summed E-state index contributed by atoms with van der Waals surface area (Å²) in [5, 5.41) is 4.61. The van der Waals surface area contributed by atoms with Crippen LogP contribution in [0.1, 0.15) is 21.5 Å². The van der Waals surface area contributed by atoms with E-state index < -0.39 is 0 Å². The van der Waals surface area contributed by atoms with Crippen LogP contribution in [0.15, 0.2) is 85.1 Å². The zero-order valence-corrected chi connectivity index (χ0v) is 20.8. The predicted molar refractivity (Wildman–Crippen MR) is 143 cm³/mol. The van der Waals surface area contributed by atoms with Crippen molar-refractivity contribution in [3.63, 3.8) is 0 Å². The summed E-state index contributed by atoms with van der Waals surface area (Å²) >= 11 is 5.92. The van der Waals surface area contributed by atoms with Crippen LogP contribution in [0.5, 0.6) is 0 Å². The third kappa shape index (κ3) is 5.61. The number of amides is 2. The zero-order valence-electron chi connectivity index (χ0n) is 20.1. The summed E-state index contributed by atoms with van der Waals surface area (Å²) in [5.41, 5.74) is 3.99. The van der Waals surface area contributed by atoms with Gasteiger partial charge in [0.2, 0.25) is 5.91 Å². The molecule has 3 aromatic carbocycles. The highest BCUT2D eigenvalue weighted by molar-refractivity contribution is 6.30. The van der Waals surface area contributed by atoms with Crippen LogP contribution in [0.4, 0.5) is 0 Å². The van der Waals surface area contributed by atoms with Crippen molar-refractivity contribution in [1.29, 1.82) is 0 Å². The van der Waals surface area contributed by atoms with E-state index in [2.05, 4.69) is 33.0 Å². The molecule has 1 aromatic heterocycles. The molecule has 0 aliphatic carbocycles. The van der Waals surface area contributed by atoms with Crippen molar-refractivity contribution >= 4 is 34.3 Å². The largest absolute Gasteiger partial charge is 0.351 e. The number of carbonyl (C=O) groups is 2. The van der Waals surface area contributed by atoms with E-state index in [4.69, 9.17) is 11.6 Å². The normalized spacial score (nSPS) is 14.2. The monoisotopic (exact) mass is 500 g/mol. The van der Waals surface area contributed by atoms with Gasteiger partial charge < -0.3 is 14.8 Å². The summed E-state index contributed by atoms with van der Waals surface area (Å²) in [6, 6.07) is 25.8. The topological polar surface area (TPSA) is 57.6 Å². The summed E-state index contributed by atoms with van der Waals surface area (Å²) in [6.45, 7) is 4.05. The quantitative estimate of drug-likeness (QED) is 0.409. The number of hydrogen-bond donors (Lipinski definition) is 1. The maximum Gasteiger partial charge on any atom is 0.256 e. The number of para-hydroxylation sites is 1. The minimum atomic E-state index is -0.0197. The minimum absolute atomic E-state index is 0.0197. The molecule has 36 heavy (non-hydrogen) atoms. The van der Waals surface area contributed by atoms with Gasteiger partial charge in [0.25, 0.3) is 5.91 Å². The Balaban J connectivity index is 1.18. The van der Waals surface area contributed by atoms with Gasteiger partial charge in [0, 0.05) is 61.4 Å². The number of halogens is 1. The van der Waals surface area contributed by atoms with Gasteiger partial charge in [0.15, 0.2) is 0 Å². The number of piperazine rings is 1. The van der Waals surface area contributed by atoms with Gasteiger partial charge in [-0.3, -0.25) is 14.5 Å². The van der Waals surface area contributed by atoms with Gasteiger partial charge in [-0.05, 0) is 29.3 Å². The van der Waals surface area contributed by atoms with Crippen molar-refractivity contribution in [3.8, 4) is 0 Å². The highest BCUT2D eigenvalue weighted by Crippen LogP contribution is 2.24. The molecule has 5 rings (SSSR count). The number of nitrogens with zero attached hydrogens (tertiary/aromatic N) is 3. The number of rotatable bonds is 7. The van der Waals surface area contributed by atoms with Crippen molar-refractivity contribution < 1.29 is 9.59 Å². The molecule has 0 saturated carbocycles. The Morgan fingerprint density at radius 2 is 1.50 bits per heavy atom. The smallest absolute Gasteiger partial charge is 0.256 e. The summed E-state index contributed by atoms with van der Waals surface area (Å²) in [5.74, 6) is 0.0264. The molecule has 2 heterocycles. The first-order valence-electron chi connectivity index (χ1n) is 12.2. The van der Waals surface area contributed by atoms with Gasteiger partial charge in [-0.1, -0.05) is 72.3 Å². The second kappa shape index (κ2) is 11.0. The van der Waals surface area contributed by atoms with Crippen LogP contribution in [0, 0.1) is 0 Å². The van der Waals surface area contributed by atoms with E-state index in [0.29, 0.717) is 50.8 Å². The molecule has 1 fully saturated rings. The molecule has 7 heteroatoms. The van der Waals surface area contributed by atoms with Crippen LogP contribution in [0.25, 0.3) is 10.9 Å². The van der Waals surface area contributed by atoms with Gasteiger partial charge in [-0.2, -0.15) is 0 Å². The van der Waals surface area contributed by atoms with Crippen molar-refractivity contribution in [2.75, 3.05) is 32.7 Å². The zero-order chi connectivity index (χ0) is 24.9. The Morgan fingerprint density at radius 3 is 2.25 bits per heavy atom. The third-order valence-corrected chi connectivity index (χ3v) is 6.90. The first kappa shape index (κ1) is 24.1. The second-order valence-corrected chi connectivity index (χ2v) is 9.58. The number of aromatic nitrogens is 1. The Bertz CT molecular complexity index is 1340. The Hall–Kier alpha value is -3.61. The summed E-state index contributed by atoms with van der Waals surface area (Å²) in [7, 11) is 0. The average molecular weight is 501 g/mol. The SMILES string of the molecule is O=C(CN1CCN(C(=O)c2cn(Cc3ccccc3)c3ccccc23)CC1)NCc1ccc(Cl)cc1. The fourth-order valence-electron chi connectivity index (χ4n) is 4.67. The predicted octanol–water partition coefficient (Wildman–Crippen LogP) is 4.42. The van der Waals surface area contributed by atoms with Crippen LogP contribution in [-0.2, 0) is 17.9 Å². The highest BCUT2D eigenvalue weighted by Gasteiger charge is 2.25. The molecule has 1 N–H and O–H groups in total. The van der Waals surface area contributed by atoms with Gasteiger partial charge in [-0.25, -0.2) is 0 Å². The molecule has 1 aliphatic heterocycles. The maximum atomic E-state index is 13.5. The number of fused-ring (bicyclic) bond motifs is 1. The fraction of sp³-hybridized carbons (Fsp3) is 0.241. The van der Waals surface area contributed by atoms with Crippen molar-refractivity contribution in [1.82, 2.24) is 19.7 Å². The number of carbonyl (C=O) groups excluding carboxylic acids is 2. The van der Waals surface area contributed by atoms with Crippen LogP contribution < -0.4 is 5.32 Å². The molecular formula is C29H29ClN4O2. The van der Waals surface area contributed by atoms with Gasteiger partial charge in [0.05, 0.1) is 12.1 Å². The summed E-state index contributed by atoms with van der Waals surface area (Å²) in [6.07, 6.45) is 1.98. The van der Waals surface area contributed by atoms with Gasteiger partial charge >= 0.3 is 0 Å². The molecule has 184 valence electrons. The van der Waals surface area contributed by atoms with E-state index in [9.17, 15) is 9.59 Å². The van der Waals surface area contributed by atoms with E-state index in [1.807, 2.05) is 71.8 Å². The molecule has 0 radical (unpaired) electrons. The molecule has 0 unspecified atom stereocenters. The lowest BCUT2D eigenvalue weighted by atomic mass is 10.1. The lowest BCUT2D eigenvalue weighted by Gasteiger charge is -2.34. The number of nitrogens with one attached hydrogen (secondary N) is 1. The standard InChI is InChI=1S/C29H29ClN4O2/c30-24-12-10-22(11-13-24)18-31-28(35)21-32-14-16-33(17-15-32)29(36)26-20-34(19-23-6-2-1-3-7-23)27-9-5-4-8-25(26)27/h1-13,20H,14-19,21H2,(H,31,35). The van der Waals surface area contributed by atoms with Crippen LogP contribution >= 0.6 is 11.6 Å². The van der Waals surface area contributed by atoms with Gasteiger partial charge in [0.1, 0.15) is 0 Å². The molecular weight excluding hydrogens is 472 g/mol. The van der Waals surface area contributed by atoms with Crippen molar-refractivity contribution in [2.45, 2.75) is 13.1 Å². The number of hydrogen-bond acceptors (Lipinski definition) is 3. The lowest BCUT2D eigenvalue weighted by Crippen LogP contribution is -2.51. The van der Waals surface area contributed by atoms with E-state index in [1.54, 1.807) is 0 Å². The Labute approximate surface area is 216 Å². The highest BCUT2D eigenvalue weighted by atomic mass is 35.5. The first-order valence-corrected chi connectivity index (χ1v) is 12.6. The molecule has 6 nitrogen and oxygen atoms in total. The van der Waals surface area contributed by atoms with Crippen LogP contribution in [0.3, 0.4) is 0 Å². The van der Waals surface area contributed by atoms with Crippen LogP contribution in [0.2, 0.25) is 5.02 Å².